The van der Waals surface area contributed by atoms with Crippen molar-refractivity contribution in [3.63, 3.8) is 0 Å². The second-order valence-corrected chi connectivity index (χ2v) is 4.51. The smallest absolute Gasteiger partial charge is 0.188 e. The molecule has 0 radical (unpaired) electrons. The van der Waals surface area contributed by atoms with Gasteiger partial charge in [-0.1, -0.05) is 30.3 Å². The molecule has 1 rings (SSSR count). The van der Waals surface area contributed by atoms with Gasteiger partial charge in [-0.25, -0.2) is 0 Å². The van der Waals surface area contributed by atoms with Gasteiger partial charge in [0.2, 0.25) is 0 Å². The van der Waals surface area contributed by atoms with Crippen molar-refractivity contribution in [3.05, 3.63) is 35.9 Å². The number of halogens is 1. The minimum Gasteiger partial charge on any atom is -0.373 e. The normalized spacial score (nSPS) is 12.4. The first kappa shape index (κ1) is 13.2. The summed E-state index contributed by atoms with van der Waals surface area (Å²) in [6, 6.07) is 9.18. The monoisotopic (exact) mass is 240 g/mol. The molecule has 1 aromatic rings. The molecule has 0 fully saturated rings. The van der Waals surface area contributed by atoms with Crippen LogP contribution in [0.25, 0.3) is 0 Å². The summed E-state index contributed by atoms with van der Waals surface area (Å²) in [6.45, 7) is 2.70. The number of Topliss-reactive ketones (excluding diaryl/α,β-unsaturated/α-hetero) is 1. The third-order valence-electron chi connectivity index (χ3n) is 2.22. The molecule has 0 aliphatic carbocycles. The van der Waals surface area contributed by atoms with Crippen molar-refractivity contribution in [1.29, 1.82) is 0 Å². The molecule has 0 spiro atoms. The average Bonchev–Trinajstić information content (AvgIpc) is 2.29. The molecule has 16 heavy (non-hydrogen) atoms. The molecule has 0 aliphatic rings. The molecule has 0 heterocycles. The molecule has 0 aromatic heterocycles. The van der Waals surface area contributed by atoms with Crippen LogP contribution in [0.5, 0.6) is 0 Å². The van der Waals surface area contributed by atoms with Crippen molar-refractivity contribution in [2.45, 2.75) is 25.1 Å². The van der Waals surface area contributed by atoms with E-state index in [2.05, 4.69) is 0 Å². The summed E-state index contributed by atoms with van der Waals surface area (Å²) < 4.78 is 5.29. The Balaban J connectivity index is 2.16. The molecular weight excluding hydrogens is 224 g/mol. The minimum absolute atomic E-state index is 0.0273. The maximum absolute atomic E-state index is 11.6. The van der Waals surface area contributed by atoms with E-state index in [-0.39, 0.29) is 17.8 Å². The van der Waals surface area contributed by atoms with Crippen molar-refractivity contribution < 1.29 is 9.53 Å². The molecule has 1 aromatic carbocycles. The summed E-state index contributed by atoms with van der Waals surface area (Å²) in [7, 11) is 0. The second-order valence-electron chi connectivity index (χ2n) is 3.76. The van der Waals surface area contributed by atoms with Crippen molar-refractivity contribution in [2.75, 3.05) is 13.2 Å². The van der Waals surface area contributed by atoms with E-state index in [1.54, 1.807) is 12.1 Å². The van der Waals surface area contributed by atoms with Gasteiger partial charge in [0.05, 0.1) is 0 Å². The molecular formula is C13H17ClO2. The van der Waals surface area contributed by atoms with Gasteiger partial charge in [-0.2, -0.15) is 0 Å². The molecule has 1 unspecified atom stereocenters. The highest BCUT2D eigenvalue weighted by Crippen LogP contribution is 2.04. The van der Waals surface area contributed by atoms with E-state index in [9.17, 15) is 4.79 Å². The molecule has 0 saturated heterocycles. The minimum atomic E-state index is 0.0273. The number of carbonyl (C=O) groups excluding carboxylic acids is 1. The first-order valence-corrected chi connectivity index (χ1v) is 5.94. The molecule has 0 amide bonds. The van der Waals surface area contributed by atoms with Crippen LogP contribution in [0.2, 0.25) is 0 Å². The van der Waals surface area contributed by atoms with Crippen molar-refractivity contribution in [1.82, 2.24) is 0 Å². The molecule has 3 heteroatoms. The predicted molar refractivity (Wildman–Crippen MR) is 66.1 cm³/mol. The molecule has 0 N–H and O–H groups in total. The molecule has 0 saturated carbocycles. The highest BCUT2D eigenvalue weighted by atomic mass is 35.5. The summed E-state index contributed by atoms with van der Waals surface area (Å²) in [5, 5.41) is 0.174. The molecule has 0 bridgehead atoms. The van der Waals surface area contributed by atoms with Gasteiger partial charge in [-0.05, 0) is 19.8 Å². The first-order valence-electron chi connectivity index (χ1n) is 5.50. The van der Waals surface area contributed by atoms with Gasteiger partial charge < -0.3 is 4.74 Å². The van der Waals surface area contributed by atoms with Crippen LogP contribution in [0.15, 0.2) is 30.3 Å². The van der Waals surface area contributed by atoms with Gasteiger partial charge in [-0.3, -0.25) is 4.79 Å². The van der Waals surface area contributed by atoms with Crippen LogP contribution >= 0.6 is 11.6 Å². The Morgan fingerprint density at radius 3 is 2.69 bits per heavy atom. The molecule has 1 atom stereocenters. The quantitative estimate of drug-likeness (QED) is 0.415. The number of ketones is 1. The maximum Gasteiger partial charge on any atom is 0.188 e. The Morgan fingerprint density at radius 2 is 2.06 bits per heavy atom. The largest absolute Gasteiger partial charge is 0.373 e. The van der Waals surface area contributed by atoms with E-state index in [1.165, 1.54) is 0 Å². The summed E-state index contributed by atoms with van der Waals surface area (Å²) in [5.74, 6) is 0.0273. The number of hydrogen-bond acceptors (Lipinski definition) is 2. The van der Waals surface area contributed by atoms with Gasteiger partial charge in [0.25, 0.3) is 0 Å². The zero-order valence-electron chi connectivity index (χ0n) is 9.49. The fourth-order valence-electron chi connectivity index (χ4n) is 1.34. The van der Waals surface area contributed by atoms with Gasteiger partial charge in [0.1, 0.15) is 6.61 Å². The zero-order chi connectivity index (χ0) is 11.8. The van der Waals surface area contributed by atoms with E-state index < -0.39 is 0 Å². The van der Waals surface area contributed by atoms with Gasteiger partial charge >= 0.3 is 0 Å². The van der Waals surface area contributed by atoms with E-state index in [4.69, 9.17) is 16.3 Å². The van der Waals surface area contributed by atoms with E-state index in [0.717, 1.165) is 12.8 Å². The number of alkyl halides is 1. The summed E-state index contributed by atoms with van der Waals surface area (Å²) in [4.78, 5) is 11.6. The SMILES string of the molecule is CC(Cl)CCCOCC(=O)c1ccccc1. The van der Waals surface area contributed by atoms with Gasteiger partial charge in [0.15, 0.2) is 5.78 Å². The molecule has 88 valence electrons. The lowest BCUT2D eigenvalue weighted by molar-refractivity contribution is 0.0753. The highest BCUT2D eigenvalue weighted by molar-refractivity contribution is 6.20. The van der Waals surface area contributed by atoms with Crippen molar-refractivity contribution in [3.8, 4) is 0 Å². The average molecular weight is 241 g/mol. The Hall–Kier alpha value is -0.860. The number of benzene rings is 1. The lowest BCUT2D eigenvalue weighted by atomic mass is 10.1. The Bertz CT molecular complexity index is 309. The second kappa shape index (κ2) is 7.42. The Morgan fingerprint density at radius 1 is 1.38 bits per heavy atom. The molecule has 0 aliphatic heterocycles. The maximum atomic E-state index is 11.6. The van der Waals surface area contributed by atoms with E-state index >= 15 is 0 Å². The van der Waals surface area contributed by atoms with E-state index in [0.29, 0.717) is 12.2 Å². The standard InChI is InChI=1S/C13H17ClO2/c1-11(14)6-5-9-16-10-13(15)12-7-3-2-4-8-12/h2-4,7-8,11H,5-6,9-10H2,1H3. The predicted octanol–water partition coefficient (Wildman–Crippen LogP) is 3.29. The number of ether oxygens (including phenoxy) is 1. The van der Waals surface area contributed by atoms with Crippen LogP contribution in [0.1, 0.15) is 30.1 Å². The highest BCUT2D eigenvalue weighted by Gasteiger charge is 2.04. The third kappa shape index (κ3) is 5.29. The Kier molecular flexibility index (Phi) is 6.12. The summed E-state index contributed by atoms with van der Waals surface area (Å²) >= 11 is 5.79. The number of rotatable bonds is 7. The fourth-order valence-corrected chi connectivity index (χ4v) is 1.49. The van der Waals surface area contributed by atoms with Crippen LogP contribution in [-0.2, 0) is 4.74 Å². The van der Waals surface area contributed by atoms with Crippen molar-refractivity contribution in [2.24, 2.45) is 0 Å². The van der Waals surface area contributed by atoms with Crippen LogP contribution < -0.4 is 0 Å². The van der Waals surface area contributed by atoms with Gasteiger partial charge in [-0.15, -0.1) is 11.6 Å². The van der Waals surface area contributed by atoms with E-state index in [1.807, 2.05) is 25.1 Å². The van der Waals surface area contributed by atoms with Crippen LogP contribution in [-0.4, -0.2) is 24.4 Å². The fraction of sp³-hybridized carbons (Fsp3) is 0.462. The number of hydrogen-bond donors (Lipinski definition) is 0. The molecule has 2 nitrogen and oxygen atoms in total. The van der Waals surface area contributed by atoms with Crippen LogP contribution in [0.3, 0.4) is 0 Å². The third-order valence-corrected chi connectivity index (χ3v) is 2.44. The van der Waals surface area contributed by atoms with Gasteiger partial charge in [0, 0.05) is 17.5 Å². The van der Waals surface area contributed by atoms with Crippen LogP contribution in [0.4, 0.5) is 0 Å². The summed E-state index contributed by atoms with van der Waals surface area (Å²) in [5.41, 5.74) is 0.702. The summed E-state index contributed by atoms with van der Waals surface area (Å²) in [6.07, 6.45) is 1.81. The van der Waals surface area contributed by atoms with Crippen molar-refractivity contribution >= 4 is 17.4 Å². The zero-order valence-corrected chi connectivity index (χ0v) is 10.2. The topological polar surface area (TPSA) is 26.3 Å². The lowest BCUT2D eigenvalue weighted by Crippen LogP contribution is -2.10. The Labute approximate surface area is 102 Å². The van der Waals surface area contributed by atoms with Crippen LogP contribution in [0, 0.1) is 0 Å². The lowest BCUT2D eigenvalue weighted by Gasteiger charge is -2.04. The first-order chi connectivity index (χ1) is 7.70. The number of carbonyl (C=O) groups is 1.